The number of hydrogen-bond acceptors (Lipinski definition) is 4. The van der Waals surface area contributed by atoms with Crippen molar-refractivity contribution in [1.82, 2.24) is 10.3 Å². The summed E-state index contributed by atoms with van der Waals surface area (Å²) in [7, 11) is 0. The van der Waals surface area contributed by atoms with Crippen LogP contribution in [-0.2, 0) is 0 Å². The van der Waals surface area contributed by atoms with Crippen LogP contribution in [0.5, 0.6) is 0 Å². The quantitative estimate of drug-likeness (QED) is 0.923. The van der Waals surface area contributed by atoms with Gasteiger partial charge < -0.3 is 5.32 Å². The van der Waals surface area contributed by atoms with Crippen molar-refractivity contribution in [3.8, 4) is 0 Å². The van der Waals surface area contributed by atoms with Crippen molar-refractivity contribution in [3.05, 3.63) is 76.2 Å². The second-order valence-electron chi connectivity index (χ2n) is 4.59. The maximum Gasteiger partial charge on any atom is 0.257 e. The van der Waals surface area contributed by atoms with Gasteiger partial charge in [-0.25, -0.2) is 0 Å². The number of rotatable bonds is 2. The average Bonchev–Trinajstić information content (AvgIpc) is 2.57. The lowest BCUT2D eigenvalue weighted by atomic mass is 9.92. The molecule has 108 valence electrons. The predicted molar refractivity (Wildman–Crippen MR) is 79.7 cm³/mol. The van der Waals surface area contributed by atoms with Crippen molar-refractivity contribution in [2.45, 2.75) is 0 Å². The molecule has 1 aromatic carbocycles. The van der Waals surface area contributed by atoms with Crippen molar-refractivity contribution in [2.75, 3.05) is 0 Å². The van der Waals surface area contributed by atoms with Crippen LogP contribution >= 0.6 is 11.6 Å². The number of halogens is 1. The summed E-state index contributed by atoms with van der Waals surface area (Å²) in [6.45, 7) is 0. The highest BCUT2D eigenvalue weighted by atomic mass is 35.5. The molecule has 2 aromatic rings. The fraction of sp³-hybridized carbons (Fsp3) is 0. The van der Waals surface area contributed by atoms with Crippen molar-refractivity contribution >= 4 is 29.1 Å². The van der Waals surface area contributed by atoms with E-state index >= 15 is 0 Å². The monoisotopic (exact) mass is 312 g/mol. The van der Waals surface area contributed by atoms with Crippen LogP contribution in [0, 0.1) is 0 Å². The van der Waals surface area contributed by atoms with Crippen LogP contribution in [0.3, 0.4) is 0 Å². The Morgan fingerprint density at radius 2 is 1.68 bits per heavy atom. The number of nitrogens with zero attached hydrogens (tertiary/aromatic N) is 1. The number of allylic oxidation sites excluding steroid dienone is 2. The fourth-order valence-corrected chi connectivity index (χ4v) is 2.37. The van der Waals surface area contributed by atoms with E-state index in [1.54, 1.807) is 24.3 Å². The Labute approximate surface area is 130 Å². The second kappa shape index (κ2) is 5.54. The van der Waals surface area contributed by atoms with Gasteiger partial charge in [-0.1, -0.05) is 35.9 Å². The molecular formula is C16H9ClN2O3. The Morgan fingerprint density at radius 3 is 2.32 bits per heavy atom. The third kappa shape index (κ3) is 2.31. The van der Waals surface area contributed by atoms with Gasteiger partial charge in [0.1, 0.15) is 10.7 Å². The first-order valence-electron chi connectivity index (χ1n) is 6.39. The number of amides is 1. The van der Waals surface area contributed by atoms with Gasteiger partial charge >= 0.3 is 0 Å². The predicted octanol–water partition coefficient (Wildman–Crippen LogP) is 2.34. The van der Waals surface area contributed by atoms with Gasteiger partial charge in [0.25, 0.3) is 5.91 Å². The molecule has 1 heterocycles. The van der Waals surface area contributed by atoms with Crippen LogP contribution in [0.25, 0.3) is 0 Å². The Kier molecular flexibility index (Phi) is 3.56. The van der Waals surface area contributed by atoms with E-state index in [0.29, 0.717) is 0 Å². The van der Waals surface area contributed by atoms with E-state index in [2.05, 4.69) is 10.3 Å². The highest BCUT2D eigenvalue weighted by Crippen LogP contribution is 2.27. The van der Waals surface area contributed by atoms with Gasteiger partial charge in [0.05, 0.1) is 5.56 Å². The first-order valence-corrected chi connectivity index (χ1v) is 6.77. The molecule has 1 aromatic heterocycles. The smallest absolute Gasteiger partial charge is 0.257 e. The first kappa shape index (κ1) is 14.2. The van der Waals surface area contributed by atoms with E-state index in [1.165, 1.54) is 24.5 Å². The molecule has 1 amide bonds. The summed E-state index contributed by atoms with van der Waals surface area (Å²) in [5.74, 6) is -1.53. The zero-order valence-electron chi connectivity index (χ0n) is 11.2. The third-order valence-corrected chi connectivity index (χ3v) is 3.59. The van der Waals surface area contributed by atoms with Gasteiger partial charge in [-0.15, -0.1) is 0 Å². The molecule has 0 bridgehead atoms. The molecule has 1 N–H and O–H groups in total. The van der Waals surface area contributed by atoms with E-state index in [1.807, 2.05) is 0 Å². The molecule has 0 aliphatic heterocycles. The molecule has 6 heteroatoms. The lowest BCUT2D eigenvalue weighted by Crippen LogP contribution is -2.33. The van der Waals surface area contributed by atoms with Crippen LogP contribution in [0.15, 0.2) is 59.5 Å². The third-order valence-electron chi connectivity index (χ3n) is 3.22. The van der Waals surface area contributed by atoms with Gasteiger partial charge in [-0.2, -0.15) is 0 Å². The molecule has 0 radical (unpaired) electrons. The van der Waals surface area contributed by atoms with Crippen molar-refractivity contribution in [2.24, 2.45) is 0 Å². The summed E-state index contributed by atoms with van der Waals surface area (Å²) in [5.41, 5.74) is 0.507. The maximum absolute atomic E-state index is 12.4. The Morgan fingerprint density at radius 1 is 1.00 bits per heavy atom. The van der Waals surface area contributed by atoms with Gasteiger partial charge in [-0.3, -0.25) is 19.4 Å². The number of Topliss-reactive ketones (excluding diaryl/α,β-unsaturated/α-hetero) is 2. The van der Waals surface area contributed by atoms with Crippen LogP contribution in [0.1, 0.15) is 31.1 Å². The van der Waals surface area contributed by atoms with Crippen molar-refractivity contribution in [3.63, 3.8) is 0 Å². The first-order chi connectivity index (χ1) is 10.6. The number of benzene rings is 1. The SMILES string of the molecule is O=C(NC1=C(Cl)C(=O)c2ccccc2C1=O)c1cccnc1. The summed E-state index contributed by atoms with van der Waals surface area (Å²) < 4.78 is 0. The highest BCUT2D eigenvalue weighted by Gasteiger charge is 2.32. The number of carbonyl (C=O) groups excluding carboxylic acids is 3. The lowest BCUT2D eigenvalue weighted by Gasteiger charge is -2.18. The maximum atomic E-state index is 12.4. The largest absolute Gasteiger partial charge is 0.317 e. The van der Waals surface area contributed by atoms with E-state index in [9.17, 15) is 14.4 Å². The Balaban J connectivity index is 1.98. The number of ketones is 2. The lowest BCUT2D eigenvalue weighted by molar-refractivity contribution is 0.0922. The molecule has 22 heavy (non-hydrogen) atoms. The summed E-state index contributed by atoms with van der Waals surface area (Å²) >= 11 is 5.97. The van der Waals surface area contributed by atoms with Crippen LogP contribution in [0.2, 0.25) is 0 Å². The molecule has 0 fully saturated rings. The number of aromatic nitrogens is 1. The van der Waals surface area contributed by atoms with Gasteiger partial charge in [-0.05, 0) is 12.1 Å². The molecule has 0 unspecified atom stereocenters. The molecule has 1 aliphatic rings. The summed E-state index contributed by atoms with van der Waals surface area (Å²) in [4.78, 5) is 40.5. The summed E-state index contributed by atoms with van der Waals surface area (Å²) in [6.07, 6.45) is 2.88. The molecule has 5 nitrogen and oxygen atoms in total. The molecule has 3 rings (SSSR count). The minimum atomic E-state index is -0.554. The Bertz CT molecular complexity index is 828. The molecular weight excluding hydrogens is 304 g/mol. The molecule has 0 atom stereocenters. The Hall–Kier alpha value is -2.79. The summed E-state index contributed by atoms with van der Waals surface area (Å²) in [6, 6.07) is 9.47. The van der Waals surface area contributed by atoms with Crippen LogP contribution < -0.4 is 5.32 Å². The van der Waals surface area contributed by atoms with Crippen LogP contribution in [0.4, 0.5) is 0 Å². The average molecular weight is 313 g/mol. The van der Waals surface area contributed by atoms with E-state index in [-0.39, 0.29) is 27.4 Å². The zero-order chi connectivity index (χ0) is 15.7. The number of hydrogen-bond donors (Lipinski definition) is 1. The number of fused-ring (bicyclic) bond motifs is 1. The molecule has 0 saturated heterocycles. The second-order valence-corrected chi connectivity index (χ2v) is 4.97. The topological polar surface area (TPSA) is 76.1 Å². The standard InChI is InChI=1S/C16H9ClN2O3/c17-12-13(19-16(22)9-4-3-7-18-8-9)15(21)11-6-2-1-5-10(11)14(12)20/h1-8H,(H,19,22). The summed E-state index contributed by atoms with van der Waals surface area (Å²) in [5, 5.41) is 2.11. The molecule has 0 saturated carbocycles. The van der Waals surface area contributed by atoms with E-state index in [0.717, 1.165) is 0 Å². The van der Waals surface area contributed by atoms with Crippen LogP contribution in [-0.4, -0.2) is 22.5 Å². The minimum absolute atomic E-state index is 0.209. The van der Waals surface area contributed by atoms with Crippen molar-refractivity contribution < 1.29 is 14.4 Å². The van der Waals surface area contributed by atoms with E-state index in [4.69, 9.17) is 11.6 Å². The number of nitrogens with one attached hydrogen (secondary N) is 1. The van der Waals surface area contributed by atoms with E-state index < -0.39 is 17.5 Å². The van der Waals surface area contributed by atoms with Gasteiger partial charge in [0.15, 0.2) is 0 Å². The fourth-order valence-electron chi connectivity index (χ4n) is 2.14. The number of carbonyl (C=O) groups is 3. The number of pyridine rings is 1. The minimum Gasteiger partial charge on any atom is -0.317 e. The van der Waals surface area contributed by atoms with Crippen molar-refractivity contribution in [1.29, 1.82) is 0 Å². The van der Waals surface area contributed by atoms with Gasteiger partial charge in [0, 0.05) is 23.5 Å². The zero-order valence-corrected chi connectivity index (χ0v) is 11.9. The molecule has 1 aliphatic carbocycles. The van der Waals surface area contributed by atoms with Gasteiger partial charge in [0.2, 0.25) is 11.6 Å². The highest BCUT2D eigenvalue weighted by molar-refractivity contribution is 6.50. The normalized spacial score (nSPS) is 13.9. The molecule has 0 spiro atoms.